The lowest BCUT2D eigenvalue weighted by molar-refractivity contribution is 0.0700. The van der Waals surface area contributed by atoms with Crippen molar-refractivity contribution in [2.45, 2.75) is 13.5 Å². The maximum Gasteiger partial charge on any atom is 0.337 e. The van der Waals surface area contributed by atoms with Gasteiger partial charge in [0.25, 0.3) is 0 Å². The Hall–Kier alpha value is -2.31. The summed E-state index contributed by atoms with van der Waals surface area (Å²) in [6.45, 7) is 2.33. The summed E-state index contributed by atoms with van der Waals surface area (Å²) in [7, 11) is 0. The Kier molecular flexibility index (Phi) is 5.65. The average molecular weight is 441 g/mol. The smallest absolute Gasteiger partial charge is 0.337 e. The van der Waals surface area contributed by atoms with E-state index in [1.54, 1.807) is 6.07 Å². The van der Waals surface area contributed by atoms with Crippen molar-refractivity contribution < 1.29 is 14.1 Å². The van der Waals surface area contributed by atoms with Crippen LogP contribution < -0.4 is 0 Å². The number of halogens is 1. The van der Waals surface area contributed by atoms with Crippen molar-refractivity contribution in [2.75, 3.05) is 0 Å². The zero-order valence-corrected chi connectivity index (χ0v) is 17.9. The summed E-state index contributed by atoms with van der Waals surface area (Å²) >= 11 is 11.4. The van der Waals surface area contributed by atoms with Crippen molar-refractivity contribution in [3.8, 4) is 21.6 Å². The second kappa shape index (κ2) is 8.20. The number of thiophene rings is 1. The van der Waals surface area contributed by atoms with Gasteiger partial charge < -0.3 is 9.29 Å². The first-order chi connectivity index (χ1) is 14.0. The quantitative estimate of drug-likeness (QED) is 0.253. The van der Waals surface area contributed by atoms with Crippen LogP contribution in [0.3, 0.4) is 0 Å². The van der Waals surface area contributed by atoms with E-state index in [0.717, 1.165) is 42.8 Å². The van der Waals surface area contributed by atoms with Crippen molar-refractivity contribution in [3.63, 3.8) is 0 Å². The SMILES string of the molecule is Cc1cc(Cl)ccc1-c1sc2cc(-c3ccccc3COS)ccc2c1C(=O)O. The molecule has 4 aromatic rings. The minimum Gasteiger partial charge on any atom is -0.478 e. The number of hydrogen-bond donors (Lipinski definition) is 2. The molecule has 0 aliphatic rings. The predicted molar refractivity (Wildman–Crippen MR) is 123 cm³/mol. The highest BCUT2D eigenvalue weighted by Gasteiger charge is 2.21. The molecule has 0 fully saturated rings. The van der Waals surface area contributed by atoms with Crippen LogP contribution in [0.15, 0.2) is 60.7 Å². The molecule has 0 spiro atoms. The van der Waals surface area contributed by atoms with E-state index in [4.69, 9.17) is 15.8 Å². The molecule has 6 heteroatoms. The molecule has 0 amide bonds. The van der Waals surface area contributed by atoms with Crippen molar-refractivity contribution in [2.24, 2.45) is 0 Å². The molecular formula is C23H17ClO3S2. The third-order valence-electron chi connectivity index (χ3n) is 4.89. The molecule has 3 aromatic carbocycles. The monoisotopic (exact) mass is 440 g/mol. The highest BCUT2D eigenvalue weighted by atomic mass is 35.5. The first kappa shape index (κ1) is 20.0. The summed E-state index contributed by atoms with van der Waals surface area (Å²) in [5.41, 5.74) is 5.23. The number of thiol groups is 1. The molecule has 0 saturated heterocycles. The van der Waals surface area contributed by atoms with Gasteiger partial charge in [0, 0.05) is 15.1 Å². The van der Waals surface area contributed by atoms with E-state index in [-0.39, 0.29) is 0 Å². The molecule has 29 heavy (non-hydrogen) atoms. The van der Waals surface area contributed by atoms with Gasteiger partial charge in [0.2, 0.25) is 0 Å². The molecule has 0 bridgehead atoms. The Balaban J connectivity index is 1.92. The van der Waals surface area contributed by atoms with Crippen LogP contribution in [0.2, 0.25) is 5.02 Å². The predicted octanol–water partition coefficient (Wildman–Crippen LogP) is 7.26. The van der Waals surface area contributed by atoms with E-state index < -0.39 is 5.97 Å². The lowest BCUT2D eigenvalue weighted by Crippen LogP contribution is -1.97. The number of aryl methyl sites for hydroxylation is 1. The van der Waals surface area contributed by atoms with Gasteiger partial charge in [0.05, 0.1) is 17.0 Å². The average Bonchev–Trinajstić information content (AvgIpc) is 3.07. The minimum absolute atomic E-state index is 0.328. The third-order valence-corrected chi connectivity index (χ3v) is 6.44. The van der Waals surface area contributed by atoms with Crippen LogP contribution in [0.25, 0.3) is 31.7 Å². The second-order valence-electron chi connectivity index (χ2n) is 6.71. The molecule has 4 rings (SSSR count). The number of rotatable bonds is 5. The van der Waals surface area contributed by atoms with Crippen molar-refractivity contribution >= 4 is 51.9 Å². The van der Waals surface area contributed by atoms with Gasteiger partial charge in [-0.05, 0) is 65.8 Å². The van der Waals surface area contributed by atoms with Crippen LogP contribution in [-0.2, 0) is 10.8 Å². The van der Waals surface area contributed by atoms with Crippen molar-refractivity contribution in [1.29, 1.82) is 0 Å². The second-order valence-corrected chi connectivity index (χ2v) is 8.46. The van der Waals surface area contributed by atoms with Crippen LogP contribution in [0.4, 0.5) is 0 Å². The van der Waals surface area contributed by atoms with E-state index in [0.29, 0.717) is 17.2 Å². The number of benzene rings is 3. The summed E-state index contributed by atoms with van der Waals surface area (Å²) in [6, 6.07) is 19.4. The van der Waals surface area contributed by atoms with Crippen LogP contribution >= 0.6 is 35.8 Å². The summed E-state index contributed by atoms with van der Waals surface area (Å²) < 4.78 is 5.94. The van der Waals surface area contributed by atoms with E-state index in [2.05, 4.69) is 12.9 Å². The summed E-state index contributed by atoms with van der Waals surface area (Å²) in [6.07, 6.45) is 0. The Bertz CT molecular complexity index is 1230. The van der Waals surface area contributed by atoms with Gasteiger partial charge in [-0.25, -0.2) is 4.79 Å². The van der Waals surface area contributed by atoms with Crippen LogP contribution in [0, 0.1) is 6.92 Å². The maximum atomic E-state index is 12.1. The topological polar surface area (TPSA) is 46.5 Å². The summed E-state index contributed by atoms with van der Waals surface area (Å²) in [5.74, 6) is -0.933. The van der Waals surface area contributed by atoms with Crippen LogP contribution in [0.5, 0.6) is 0 Å². The largest absolute Gasteiger partial charge is 0.478 e. The van der Waals surface area contributed by atoms with E-state index in [1.165, 1.54) is 11.3 Å². The number of carboxylic acids is 1. The van der Waals surface area contributed by atoms with Gasteiger partial charge in [0.1, 0.15) is 0 Å². The van der Waals surface area contributed by atoms with E-state index in [9.17, 15) is 9.90 Å². The fourth-order valence-electron chi connectivity index (χ4n) is 3.55. The number of carboxylic acid groups (broad SMARTS) is 1. The minimum atomic E-state index is -0.933. The molecule has 1 heterocycles. The fraction of sp³-hybridized carbons (Fsp3) is 0.0870. The molecule has 0 aliphatic carbocycles. The van der Waals surface area contributed by atoms with Gasteiger partial charge in [-0.15, -0.1) is 11.3 Å². The van der Waals surface area contributed by atoms with Gasteiger partial charge >= 0.3 is 5.97 Å². The molecule has 0 saturated carbocycles. The van der Waals surface area contributed by atoms with E-state index >= 15 is 0 Å². The first-order valence-corrected chi connectivity index (χ1v) is 10.5. The third kappa shape index (κ3) is 3.79. The fourth-order valence-corrected chi connectivity index (χ4v) is 5.24. The lowest BCUT2D eigenvalue weighted by Gasteiger charge is -2.08. The lowest BCUT2D eigenvalue weighted by atomic mass is 9.97. The first-order valence-electron chi connectivity index (χ1n) is 8.90. The van der Waals surface area contributed by atoms with Crippen LogP contribution in [0.1, 0.15) is 21.5 Å². The molecule has 1 aromatic heterocycles. The Morgan fingerprint density at radius 2 is 1.90 bits per heavy atom. The Morgan fingerprint density at radius 3 is 2.62 bits per heavy atom. The highest BCUT2D eigenvalue weighted by Crippen LogP contribution is 2.42. The molecule has 146 valence electrons. The number of carbonyl (C=O) groups is 1. The Morgan fingerprint density at radius 1 is 1.10 bits per heavy atom. The number of hydrogen-bond acceptors (Lipinski definition) is 4. The highest BCUT2D eigenvalue weighted by molar-refractivity contribution is 7.75. The van der Waals surface area contributed by atoms with Gasteiger partial charge in [0.15, 0.2) is 0 Å². The maximum absolute atomic E-state index is 12.1. The number of aromatic carboxylic acids is 1. The molecular weight excluding hydrogens is 424 g/mol. The molecule has 3 nitrogen and oxygen atoms in total. The molecule has 0 atom stereocenters. The Labute approximate surface area is 183 Å². The number of fused-ring (bicyclic) bond motifs is 1. The molecule has 0 aliphatic heterocycles. The molecule has 0 radical (unpaired) electrons. The summed E-state index contributed by atoms with van der Waals surface area (Å²) in [5, 5.41) is 11.3. The van der Waals surface area contributed by atoms with Gasteiger partial charge in [-0.2, -0.15) is 0 Å². The van der Waals surface area contributed by atoms with Gasteiger partial charge in [-0.1, -0.05) is 54.1 Å². The zero-order chi connectivity index (χ0) is 20.5. The van der Waals surface area contributed by atoms with Crippen molar-refractivity contribution in [1.82, 2.24) is 0 Å². The molecule has 0 unspecified atom stereocenters. The van der Waals surface area contributed by atoms with Crippen LogP contribution in [-0.4, -0.2) is 11.1 Å². The normalized spacial score (nSPS) is 11.1. The summed E-state index contributed by atoms with van der Waals surface area (Å²) in [4.78, 5) is 12.8. The van der Waals surface area contributed by atoms with Crippen molar-refractivity contribution in [3.05, 3.63) is 82.4 Å². The standard InChI is InChI=1S/C23H17ClO3S2/c1-13-10-16(24)7-9-17(13)22-21(23(25)26)19-8-6-14(11-20(19)29-22)18-5-3-2-4-15(18)12-27-28/h2-11,28H,12H2,1H3,(H,25,26). The van der Waals surface area contributed by atoms with Gasteiger partial charge in [-0.3, -0.25) is 0 Å². The zero-order valence-electron chi connectivity index (χ0n) is 15.5. The molecule has 1 N–H and O–H groups in total. The van der Waals surface area contributed by atoms with E-state index in [1.807, 2.05) is 61.5 Å².